The SMILES string of the molecule is COc1cc(Cl)ccc1C(=O)Nc1ccccc1Sc1nccn1C. The zero-order valence-corrected chi connectivity index (χ0v) is 15.3. The zero-order valence-electron chi connectivity index (χ0n) is 13.7. The number of anilines is 1. The first-order chi connectivity index (χ1) is 12.1. The van der Waals surface area contributed by atoms with E-state index in [1.54, 1.807) is 24.4 Å². The molecule has 3 rings (SSSR count). The molecule has 0 spiro atoms. The van der Waals surface area contributed by atoms with Gasteiger partial charge in [-0.05, 0) is 42.1 Å². The quantitative estimate of drug-likeness (QED) is 0.716. The van der Waals surface area contributed by atoms with Gasteiger partial charge in [0.15, 0.2) is 5.16 Å². The largest absolute Gasteiger partial charge is 0.496 e. The van der Waals surface area contributed by atoms with Crippen molar-refractivity contribution in [2.24, 2.45) is 7.05 Å². The van der Waals surface area contributed by atoms with Gasteiger partial charge in [0.25, 0.3) is 5.91 Å². The summed E-state index contributed by atoms with van der Waals surface area (Å²) in [5, 5.41) is 4.28. The maximum Gasteiger partial charge on any atom is 0.259 e. The van der Waals surface area contributed by atoms with Crippen LogP contribution in [0.4, 0.5) is 5.69 Å². The van der Waals surface area contributed by atoms with Gasteiger partial charge < -0.3 is 14.6 Å². The summed E-state index contributed by atoms with van der Waals surface area (Å²) in [6.07, 6.45) is 3.62. The number of aryl methyl sites for hydroxylation is 1. The highest BCUT2D eigenvalue weighted by molar-refractivity contribution is 7.99. The smallest absolute Gasteiger partial charge is 0.259 e. The Morgan fingerprint density at radius 2 is 2.08 bits per heavy atom. The number of nitrogens with one attached hydrogen (secondary N) is 1. The molecule has 0 saturated heterocycles. The Kier molecular flexibility index (Phi) is 5.31. The summed E-state index contributed by atoms with van der Waals surface area (Å²) >= 11 is 7.44. The highest BCUT2D eigenvalue weighted by Gasteiger charge is 2.15. The molecular formula is C18H16ClN3O2S. The van der Waals surface area contributed by atoms with Crippen LogP contribution in [0.25, 0.3) is 0 Å². The third-order valence-corrected chi connectivity index (χ3v) is 4.91. The molecule has 128 valence electrons. The van der Waals surface area contributed by atoms with Crippen molar-refractivity contribution in [1.29, 1.82) is 0 Å². The van der Waals surface area contributed by atoms with Gasteiger partial charge in [0.1, 0.15) is 5.75 Å². The number of imidazole rings is 1. The molecule has 25 heavy (non-hydrogen) atoms. The van der Waals surface area contributed by atoms with Gasteiger partial charge in [0.05, 0.1) is 18.4 Å². The second-order valence-corrected chi connectivity index (χ2v) is 6.66. The number of rotatable bonds is 5. The van der Waals surface area contributed by atoms with E-state index >= 15 is 0 Å². The number of hydrogen-bond acceptors (Lipinski definition) is 4. The van der Waals surface area contributed by atoms with Crippen LogP contribution in [0.2, 0.25) is 5.02 Å². The average Bonchev–Trinajstić information content (AvgIpc) is 3.01. The Morgan fingerprint density at radius 3 is 2.80 bits per heavy atom. The second-order valence-electron chi connectivity index (χ2n) is 5.22. The third-order valence-electron chi connectivity index (χ3n) is 3.52. The van der Waals surface area contributed by atoms with Crippen LogP contribution in [-0.4, -0.2) is 22.6 Å². The van der Waals surface area contributed by atoms with Crippen LogP contribution in [0.1, 0.15) is 10.4 Å². The van der Waals surface area contributed by atoms with Crippen LogP contribution >= 0.6 is 23.4 Å². The molecule has 1 aromatic heterocycles. The number of halogens is 1. The van der Waals surface area contributed by atoms with Crippen LogP contribution in [0.3, 0.4) is 0 Å². The topological polar surface area (TPSA) is 56.1 Å². The molecule has 1 heterocycles. The Bertz CT molecular complexity index is 911. The van der Waals surface area contributed by atoms with Crippen molar-refractivity contribution in [2.75, 3.05) is 12.4 Å². The van der Waals surface area contributed by atoms with E-state index in [2.05, 4.69) is 10.3 Å². The van der Waals surface area contributed by atoms with Crippen molar-refractivity contribution in [2.45, 2.75) is 10.1 Å². The van der Waals surface area contributed by atoms with Crippen molar-refractivity contribution in [3.63, 3.8) is 0 Å². The van der Waals surface area contributed by atoms with E-state index in [0.29, 0.717) is 22.0 Å². The lowest BCUT2D eigenvalue weighted by Crippen LogP contribution is -2.13. The lowest BCUT2D eigenvalue weighted by Gasteiger charge is -2.12. The summed E-state index contributed by atoms with van der Waals surface area (Å²) in [6.45, 7) is 0. The summed E-state index contributed by atoms with van der Waals surface area (Å²) in [4.78, 5) is 17.9. The molecule has 1 N–H and O–H groups in total. The highest BCUT2D eigenvalue weighted by Crippen LogP contribution is 2.33. The number of aromatic nitrogens is 2. The fourth-order valence-electron chi connectivity index (χ4n) is 2.25. The third kappa shape index (κ3) is 3.97. The maximum absolute atomic E-state index is 12.7. The number of para-hydroxylation sites is 1. The molecule has 0 aliphatic carbocycles. The zero-order chi connectivity index (χ0) is 17.8. The van der Waals surface area contributed by atoms with Gasteiger partial charge >= 0.3 is 0 Å². The van der Waals surface area contributed by atoms with Crippen LogP contribution in [0.5, 0.6) is 5.75 Å². The predicted molar refractivity (Wildman–Crippen MR) is 99.7 cm³/mol. The first kappa shape index (κ1) is 17.4. The lowest BCUT2D eigenvalue weighted by atomic mass is 10.2. The minimum Gasteiger partial charge on any atom is -0.496 e. The molecule has 2 aromatic carbocycles. The van der Waals surface area contributed by atoms with Gasteiger partial charge in [0, 0.05) is 29.4 Å². The fourth-order valence-corrected chi connectivity index (χ4v) is 3.30. The normalized spacial score (nSPS) is 10.5. The lowest BCUT2D eigenvalue weighted by molar-refractivity contribution is 0.102. The number of ether oxygens (including phenoxy) is 1. The molecule has 0 saturated carbocycles. The summed E-state index contributed by atoms with van der Waals surface area (Å²) in [5.74, 6) is 0.167. The number of nitrogens with zero attached hydrogens (tertiary/aromatic N) is 2. The van der Waals surface area contributed by atoms with Gasteiger partial charge in [-0.25, -0.2) is 4.98 Å². The number of carbonyl (C=O) groups excluding carboxylic acids is 1. The minimum atomic E-state index is -0.263. The van der Waals surface area contributed by atoms with E-state index in [1.807, 2.05) is 42.1 Å². The molecule has 0 fully saturated rings. The Morgan fingerprint density at radius 1 is 1.28 bits per heavy atom. The molecule has 1 amide bonds. The molecule has 5 nitrogen and oxygen atoms in total. The van der Waals surface area contributed by atoms with Crippen LogP contribution in [0, 0.1) is 0 Å². The van der Waals surface area contributed by atoms with Gasteiger partial charge in [-0.15, -0.1) is 0 Å². The molecule has 0 radical (unpaired) electrons. The number of hydrogen-bond donors (Lipinski definition) is 1. The van der Waals surface area contributed by atoms with Crippen LogP contribution in [0.15, 0.2) is 64.9 Å². The van der Waals surface area contributed by atoms with E-state index in [-0.39, 0.29) is 5.91 Å². The van der Waals surface area contributed by atoms with Crippen molar-refractivity contribution < 1.29 is 9.53 Å². The van der Waals surface area contributed by atoms with Gasteiger partial charge in [0.2, 0.25) is 0 Å². The number of methoxy groups -OCH3 is 1. The number of benzene rings is 2. The van der Waals surface area contributed by atoms with E-state index in [1.165, 1.54) is 18.9 Å². The fraction of sp³-hybridized carbons (Fsp3) is 0.111. The molecule has 0 bridgehead atoms. The maximum atomic E-state index is 12.7. The first-order valence-electron chi connectivity index (χ1n) is 7.47. The minimum absolute atomic E-state index is 0.263. The van der Waals surface area contributed by atoms with Crippen LogP contribution < -0.4 is 10.1 Å². The molecule has 0 unspecified atom stereocenters. The van der Waals surface area contributed by atoms with E-state index in [0.717, 1.165) is 10.1 Å². The van der Waals surface area contributed by atoms with Gasteiger partial charge in [-0.3, -0.25) is 4.79 Å². The summed E-state index contributed by atoms with van der Waals surface area (Å²) < 4.78 is 7.17. The highest BCUT2D eigenvalue weighted by atomic mass is 35.5. The molecule has 7 heteroatoms. The monoisotopic (exact) mass is 373 g/mol. The van der Waals surface area contributed by atoms with E-state index in [4.69, 9.17) is 16.3 Å². The van der Waals surface area contributed by atoms with Gasteiger partial charge in [-0.2, -0.15) is 0 Å². The van der Waals surface area contributed by atoms with Crippen molar-refractivity contribution in [3.05, 3.63) is 65.4 Å². The Hall–Kier alpha value is -2.44. The van der Waals surface area contributed by atoms with Crippen LogP contribution in [-0.2, 0) is 7.05 Å². The average molecular weight is 374 g/mol. The molecule has 3 aromatic rings. The summed E-state index contributed by atoms with van der Waals surface area (Å²) in [6, 6.07) is 12.5. The predicted octanol–water partition coefficient (Wildman–Crippen LogP) is 4.49. The number of carbonyl (C=O) groups is 1. The van der Waals surface area contributed by atoms with Crippen molar-refractivity contribution in [3.8, 4) is 5.75 Å². The second kappa shape index (κ2) is 7.63. The standard InChI is InChI=1S/C18H16ClN3O2S/c1-22-10-9-20-18(22)25-16-6-4-3-5-14(16)21-17(23)13-8-7-12(19)11-15(13)24-2/h3-11H,1-2H3,(H,21,23). The van der Waals surface area contributed by atoms with Crippen molar-refractivity contribution in [1.82, 2.24) is 9.55 Å². The number of amides is 1. The van der Waals surface area contributed by atoms with Crippen molar-refractivity contribution >= 4 is 35.0 Å². The van der Waals surface area contributed by atoms with Gasteiger partial charge in [-0.1, -0.05) is 23.7 Å². The molecular weight excluding hydrogens is 358 g/mol. The molecule has 0 aliphatic heterocycles. The summed E-state index contributed by atoms with van der Waals surface area (Å²) in [7, 11) is 3.43. The molecule has 0 aliphatic rings. The first-order valence-corrected chi connectivity index (χ1v) is 8.67. The summed E-state index contributed by atoms with van der Waals surface area (Å²) in [5.41, 5.74) is 1.13. The Balaban J connectivity index is 1.86. The van der Waals surface area contributed by atoms with E-state index in [9.17, 15) is 4.79 Å². The molecule has 0 atom stereocenters. The Labute approximate surface area is 155 Å². The van der Waals surface area contributed by atoms with E-state index < -0.39 is 0 Å².